The average Bonchev–Trinajstić information content (AvgIpc) is 2.51. The van der Waals surface area contributed by atoms with Crippen LogP contribution in [0.4, 0.5) is 0 Å². The molecule has 2 unspecified atom stereocenters. The zero-order valence-electron chi connectivity index (χ0n) is 13.6. The minimum atomic E-state index is -0.784. The summed E-state index contributed by atoms with van der Waals surface area (Å²) in [7, 11) is 0.905. The van der Waals surface area contributed by atoms with Crippen LogP contribution < -0.4 is 10.1 Å². The van der Waals surface area contributed by atoms with Gasteiger partial charge in [-0.25, -0.2) is 0 Å². The van der Waals surface area contributed by atoms with E-state index in [9.17, 15) is 4.21 Å². The standard InChI is InChI=1S/C17H29NO2S/c1-4-6-9-13-21(19)14-16(18-12-5-2)15-10-7-8-11-17(15)20-3/h7-8,10-11,16,18H,4-6,9,12-14H2,1-3H3. The molecule has 0 fully saturated rings. The molecule has 0 spiro atoms. The SMILES string of the molecule is CCCCCS(=O)CC(NCCC)c1ccccc1OC. The van der Waals surface area contributed by atoms with E-state index in [2.05, 4.69) is 25.2 Å². The number of hydrogen-bond donors (Lipinski definition) is 1. The highest BCUT2D eigenvalue weighted by Gasteiger charge is 2.17. The molecule has 21 heavy (non-hydrogen) atoms. The minimum absolute atomic E-state index is 0.101. The van der Waals surface area contributed by atoms with Crippen LogP contribution in [0.2, 0.25) is 0 Å². The fourth-order valence-corrected chi connectivity index (χ4v) is 3.68. The zero-order valence-corrected chi connectivity index (χ0v) is 14.4. The Morgan fingerprint density at radius 2 is 1.95 bits per heavy atom. The summed E-state index contributed by atoms with van der Waals surface area (Å²) in [5, 5.41) is 3.51. The third-order valence-electron chi connectivity index (χ3n) is 3.48. The normalized spacial score (nSPS) is 13.9. The van der Waals surface area contributed by atoms with E-state index in [1.165, 1.54) is 6.42 Å². The van der Waals surface area contributed by atoms with E-state index in [4.69, 9.17) is 4.74 Å². The van der Waals surface area contributed by atoms with Gasteiger partial charge in [0.1, 0.15) is 5.75 Å². The monoisotopic (exact) mass is 311 g/mol. The lowest BCUT2D eigenvalue weighted by atomic mass is 10.1. The van der Waals surface area contributed by atoms with Gasteiger partial charge in [-0.1, -0.05) is 44.9 Å². The van der Waals surface area contributed by atoms with Crippen LogP contribution in [0.15, 0.2) is 24.3 Å². The number of nitrogens with one attached hydrogen (secondary N) is 1. The lowest BCUT2D eigenvalue weighted by Gasteiger charge is -2.21. The Hall–Kier alpha value is -0.870. The van der Waals surface area contributed by atoms with Crippen molar-refractivity contribution in [2.45, 2.75) is 45.6 Å². The molecule has 1 aromatic carbocycles. The summed E-state index contributed by atoms with van der Waals surface area (Å²) in [6.45, 7) is 5.24. The third kappa shape index (κ3) is 6.62. The maximum absolute atomic E-state index is 12.3. The lowest BCUT2D eigenvalue weighted by Crippen LogP contribution is -2.28. The van der Waals surface area contributed by atoms with Crippen LogP contribution in [0.1, 0.15) is 51.1 Å². The van der Waals surface area contributed by atoms with Crippen LogP contribution in [-0.2, 0) is 10.8 Å². The second kappa shape index (κ2) is 10.8. The van der Waals surface area contributed by atoms with E-state index in [1.54, 1.807) is 7.11 Å². The first-order valence-corrected chi connectivity index (χ1v) is 9.43. The molecule has 0 radical (unpaired) electrons. The van der Waals surface area contributed by atoms with Gasteiger partial charge in [0.05, 0.1) is 7.11 Å². The Morgan fingerprint density at radius 3 is 2.62 bits per heavy atom. The molecule has 0 aliphatic heterocycles. The first-order valence-electron chi connectivity index (χ1n) is 7.94. The molecular weight excluding hydrogens is 282 g/mol. The predicted octanol–water partition coefficient (Wildman–Crippen LogP) is 3.67. The largest absolute Gasteiger partial charge is 0.496 e. The van der Waals surface area contributed by atoms with E-state index in [-0.39, 0.29) is 6.04 Å². The summed E-state index contributed by atoms with van der Waals surface area (Å²) in [6, 6.07) is 8.12. The summed E-state index contributed by atoms with van der Waals surface area (Å²) in [5.74, 6) is 2.33. The quantitative estimate of drug-likeness (QED) is 0.634. The maximum Gasteiger partial charge on any atom is 0.123 e. The van der Waals surface area contributed by atoms with E-state index >= 15 is 0 Å². The highest BCUT2D eigenvalue weighted by molar-refractivity contribution is 7.85. The molecule has 0 aliphatic rings. The third-order valence-corrected chi connectivity index (χ3v) is 4.93. The van der Waals surface area contributed by atoms with Crippen molar-refractivity contribution >= 4 is 10.8 Å². The van der Waals surface area contributed by atoms with Gasteiger partial charge in [0.25, 0.3) is 0 Å². The number of rotatable bonds is 11. The van der Waals surface area contributed by atoms with Crippen molar-refractivity contribution in [2.24, 2.45) is 0 Å². The highest BCUT2D eigenvalue weighted by Crippen LogP contribution is 2.25. The van der Waals surface area contributed by atoms with Crippen molar-refractivity contribution in [3.8, 4) is 5.75 Å². The molecule has 1 rings (SSSR count). The fraction of sp³-hybridized carbons (Fsp3) is 0.647. The van der Waals surface area contributed by atoms with Crippen molar-refractivity contribution in [1.29, 1.82) is 0 Å². The fourth-order valence-electron chi connectivity index (χ4n) is 2.31. The summed E-state index contributed by atoms with van der Waals surface area (Å²) in [6.07, 6.45) is 4.44. The minimum Gasteiger partial charge on any atom is -0.496 e. The molecule has 0 saturated carbocycles. The Labute approximate surface area is 131 Å². The Balaban J connectivity index is 2.73. The second-order valence-electron chi connectivity index (χ2n) is 5.27. The molecule has 1 N–H and O–H groups in total. The molecule has 0 bridgehead atoms. The van der Waals surface area contributed by atoms with Crippen molar-refractivity contribution < 1.29 is 8.95 Å². The number of para-hydroxylation sites is 1. The van der Waals surface area contributed by atoms with Gasteiger partial charge in [-0.2, -0.15) is 0 Å². The van der Waals surface area contributed by atoms with Gasteiger partial charge in [-0.05, 0) is 25.5 Å². The van der Waals surface area contributed by atoms with Gasteiger partial charge in [-0.15, -0.1) is 0 Å². The van der Waals surface area contributed by atoms with Gasteiger partial charge in [-0.3, -0.25) is 4.21 Å². The average molecular weight is 311 g/mol. The van der Waals surface area contributed by atoms with Gasteiger partial charge in [0.2, 0.25) is 0 Å². The lowest BCUT2D eigenvalue weighted by molar-refractivity contribution is 0.402. The van der Waals surface area contributed by atoms with Crippen LogP contribution in [0.5, 0.6) is 5.75 Å². The van der Waals surface area contributed by atoms with Crippen LogP contribution >= 0.6 is 0 Å². The van der Waals surface area contributed by atoms with E-state index in [1.807, 2.05) is 18.2 Å². The van der Waals surface area contributed by atoms with Gasteiger partial charge in [0.15, 0.2) is 0 Å². The van der Waals surface area contributed by atoms with Gasteiger partial charge >= 0.3 is 0 Å². The van der Waals surface area contributed by atoms with E-state index in [0.717, 1.165) is 42.9 Å². The zero-order chi connectivity index (χ0) is 15.5. The first kappa shape index (κ1) is 18.2. The summed E-state index contributed by atoms with van der Waals surface area (Å²) < 4.78 is 17.7. The summed E-state index contributed by atoms with van der Waals surface area (Å²) in [5.41, 5.74) is 1.11. The van der Waals surface area contributed by atoms with Gasteiger partial charge in [0, 0.05) is 33.9 Å². The van der Waals surface area contributed by atoms with Crippen LogP contribution in [0.25, 0.3) is 0 Å². The Morgan fingerprint density at radius 1 is 1.19 bits per heavy atom. The van der Waals surface area contributed by atoms with Crippen molar-refractivity contribution in [3.63, 3.8) is 0 Å². The number of hydrogen-bond acceptors (Lipinski definition) is 3. The van der Waals surface area contributed by atoms with Gasteiger partial charge < -0.3 is 10.1 Å². The van der Waals surface area contributed by atoms with Crippen molar-refractivity contribution in [3.05, 3.63) is 29.8 Å². The molecule has 0 saturated heterocycles. The Bertz CT molecular complexity index is 423. The molecule has 0 aliphatic carbocycles. The molecule has 1 aromatic rings. The highest BCUT2D eigenvalue weighted by atomic mass is 32.2. The maximum atomic E-state index is 12.3. The molecule has 0 aromatic heterocycles. The van der Waals surface area contributed by atoms with Crippen molar-refractivity contribution in [1.82, 2.24) is 5.32 Å². The summed E-state index contributed by atoms with van der Waals surface area (Å²) >= 11 is 0. The number of methoxy groups -OCH3 is 1. The van der Waals surface area contributed by atoms with E-state index < -0.39 is 10.8 Å². The number of unbranched alkanes of at least 4 members (excludes halogenated alkanes) is 2. The van der Waals surface area contributed by atoms with E-state index in [0.29, 0.717) is 5.75 Å². The van der Waals surface area contributed by atoms with Crippen LogP contribution in [-0.4, -0.2) is 29.4 Å². The molecule has 120 valence electrons. The van der Waals surface area contributed by atoms with Crippen LogP contribution in [0.3, 0.4) is 0 Å². The molecule has 0 amide bonds. The first-order chi connectivity index (χ1) is 10.2. The molecular formula is C17H29NO2S. The number of benzene rings is 1. The molecule has 0 heterocycles. The summed E-state index contributed by atoms with van der Waals surface area (Å²) in [4.78, 5) is 0. The number of ether oxygens (including phenoxy) is 1. The smallest absolute Gasteiger partial charge is 0.123 e. The second-order valence-corrected chi connectivity index (χ2v) is 6.89. The predicted molar refractivity (Wildman–Crippen MR) is 91.4 cm³/mol. The molecule has 3 nitrogen and oxygen atoms in total. The molecule has 2 atom stereocenters. The Kier molecular flexibility index (Phi) is 9.35. The molecule has 4 heteroatoms. The van der Waals surface area contributed by atoms with Crippen LogP contribution in [0, 0.1) is 0 Å². The topological polar surface area (TPSA) is 38.3 Å². The van der Waals surface area contributed by atoms with Crippen molar-refractivity contribution in [2.75, 3.05) is 25.2 Å².